The van der Waals surface area contributed by atoms with E-state index in [1.165, 1.54) is 0 Å². The minimum absolute atomic E-state index is 0.136. The molecule has 0 aromatic carbocycles. The first-order valence-corrected chi connectivity index (χ1v) is 7.87. The molecule has 5 nitrogen and oxygen atoms in total. The fourth-order valence-electron chi connectivity index (χ4n) is 1.77. The minimum Gasteiger partial charge on any atom is -0.598 e. The number of nitrogens with zero attached hydrogens (tertiary/aromatic N) is 2. The van der Waals surface area contributed by atoms with Crippen molar-refractivity contribution in [3.8, 4) is 5.75 Å². The SMILES string of the molecule is COc1cn(C)nc1C(N[S+]([O-])C(C)(C)C)C(C)(C)C. The maximum Gasteiger partial charge on any atom is 0.161 e. The van der Waals surface area contributed by atoms with Gasteiger partial charge < -0.3 is 9.29 Å². The Morgan fingerprint density at radius 1 is 1.30 bits per heavy atom. The summed E-state index contributed by atoms with van der Waals surface area (Å²) in [5.74, 6) is 0.714. The second-order valence-corrected chi connectivity index (χ2v) is 9.05. The Labute approximate surface area is 125 Å². The van der Waals surface area contributed by atoms with E-state index >= 15 is 0 Å². The van der Waals surface area contributed by atoms with Crippen LogP contribution < -0.4 is 9.46 Å². The van der Waals surface area contributed by atoms with Crippen molar-refractivity contribution >= 4 is 11.4 Å². The van der Waals surface area contributed by atoms with Crippen LogP contribution in [0.5, 0.6) is 5.75 Å². The summed E-state index contributed by atoms with van der Waals surface area (Å²) in [5.41, 5.74) is 0.655. The molecule has 0 aliphatic heterocycles. The Balaban J connectivity index is 3.14. The molecule has 0 saturated heterocycles. The van der Waals surface area contributed by atoms with Gasteiger partial charge >= 0.3 is 0 Å². The number of methoxy groups -OCH3 is 1. The van der Waals surface area contributed by atoms with Crippen molar-refractivity contribution < 1.29 is 9.29 Å². The standard InChI is InChI=1S/C14H27N3O2S/c1-13(2,3)12(16-20(18)14(4,5)6)11-10(19-8)9-17(7)15-11/h9,12,16H,1-8H3. The molecule has 20 heavy (non-hydrogen) atoms. The van der Waals surface area contributed by atoms with Crippen molar-refractivity contribution in [3.05, 3.63) is 11.9 Å². The molecule has 6 heteroatoms. The second kappa shape index (κ2) is 5.95. The van der Waals surface area contributed by atoms with Gasteiger partial charge in [-0.2, -0.15) is 5.10 Å². The van der Waals surface area contributed by atoms with Gasteiger partial charge in [0.2, 0.25) is 0 Å². The van der Waals surface area contributed by atoms with Gasteiger partial charge in [0.05, 0.1) is 13.3 Å². The van der Waals surface area contributed by atoms with Crippen LogP contribution in [-0.2, 0) is 18.4 Å². The van der Waals surface area contributed by atoms with Crippen LogP contribution in [0.4, 0.5) is 0 Å². The van der Waals surface area contributed by atoms with Crippen LogP contribution in [0.1, 0.15) is 53.3 Å². The molecule has 1 N–H and O–H groups in total. The van der Waals surface area contributed by atoms with Crippen LogP contribution in [0.25, 0.3) is 0 Å². The predicted octanol–water partition coefficient (Wildman–Crippen LogP) is 2.57. The summed E-state index contributed by atoms with van der Waals surface area (Å²) in [6, 6.07) is -0.154. The number of hydrogen-bond donors (Lipinski definition) is 1. The van der Waals surface area contributed by atoms with Crippen LogP contribution in [-0.4, -0.2) is 26.2 Å². The first kappa shape index (κ1) is 17.3. The third kappa shape index (κ3) is 4.14. The molecule has 0 spiro atoms. The fourth-order valence-corrected chi connectivity index (χ4v) is 2.80. The lowest BCUT2D eigenvalue weighted by Gasteiger charge is -2.34. The Morgan fingerprint density at radius 2 is 1.85 bits per heavy atom. The van der Waals surface area contributed by atoms with E-state index in [0.717, 1.165) is 5.69 Å². The Morgan fingerprint density at radius 3 is 2.25 bits per heavy atom. The molecule has 116 valence electrons. The first-order chi connectivity index (χ1) is 8.96. The first-order valence-electron chi connectivity index (χ1n) is 6.72. The Kier molecular flexibility index (Phi) is 5.16. The van der Waals surface area contributed by atoms with E-state index in [0.29, 0.717) is 5.75 Å². The fraction of sp³-hybridized carbons (Fsp3) is 0.786. The molecule has 1 aromatic heterocycles. The van der Waals surface area contributed by atoms with Crippen molar-refractivity contribution in [1.29, 1.82) is 0 Å². The maximum absolute atomic E-state index is 12.4. The zero-order chi connectivity index (χ0) is 15.7. The van der Waals surface area contributed by atoms with Crippen LogP contribution in [0.2, 0.25) is 0 Å². The normalized spacial score (nSPS) is 16.1. The zero-order valence-electron chi connectivity index (χ0n) is 13.8. The van der Waals surface area contributed by atoms with E-state index < -0.39 is 11.4 Å². The van der Waals surface area contributed by atoms with Crippen molar-refractivity contribution in [2.45, 2.75) is 52.3 Å². The van der Waals surface area contributed by atoms with Crippen LogP contribution >= 0.6 is 0 Å². The number of rotatable bonds is 4. The summed E-state index contributed by atoms with van der Waals surface area (Å²) in [6.07, 6.45) is 1.83. The lowest BCUT2D eigenvalue weighted by molar-refractivity contribution is 0.286. The van der Waals surface area contributed by atoms with Gasteiger partial charge in [-0.1, -0.05) is 20.8 Å². The average Bonchev–Trinajstić information content (AvgIpc) is 2.63. The summed E-state index contributed by atoms with van der Waals surface area (Å²) < 4.78 is 22.4. The molecule has 0 amide bonds. The minimum atomic E-state index is -1.17. The van der Waals surface area contributed by atoms with E-state index in [1.807, 2.05) is 34.0 Å². The molecular weight excluding hydrogens is 274 g/mol. The summed E-state index contributed by atoms with van der Waals surface area (Å²) >= 11 is -1.17. The smallest absolute Gasteiger partial charge is 0.161 e. The van der Waals surface area contributed by atoms with E-state index in [9.17, 15) is 4.55 Å². The Bertz CT molecular complexity index is 446. The molecule has 1 rings (SSSR count). The van der Waals surface area contributed by atoms with Crippen LogP contribution in [0.3, 0.4) is 0 Å². The lowest BCUT2D eigenvalue weighted by atomic mass is 9.85. The van der Waals surface area contributed by atoms with Crippen molar-refractivity contribution in [3.63, 3.8) is 0 Å². The van der Waals surface area contributed by atoms with Gasteiger partial charge in [0.25, 0.3) is 0 Å². The van der Waals surface area contributed by atoms with E-state index in [1.54, 1.807) is 11.8 Å². The van der Waals surface area contributed by atoms with E-state index in [4.69, 9.17) is 4.74 Å². The molecular formula is C14H27N3O2S. The number of aryl methyl sites for hydroxylation is 1. The molecule has 0 bridgehead atoms. The number of nitrogens with one attached hydrogen (secondary N) is 1. The monoisotopic (exact) mass is 301 g/mol. The van der Waals surface area contributed by atoms with Gasteiger partial charge in [-0.15, -0.1) is 4.72 Å². The quantitative estimate of drug-likeness (QED) is 0.868. The highest BCUT2D eigenvalue weighted by Gasteiger charge is 2.38. The van der Waals surface area contributed by atoms with Crippen LogP contribution in [0.15, 0.2) is 6.20 Å². The number of aromatic nitrogens is 2. The van der Waals surface area contributed by atoms with Gasteiger partial charge in [-0.05, 0) is 26.2 Å². The molecule has 1 aromatic rings. The van der Waals surface area contributed by atoms with Crippen molar-refractivity contribution in [2.75, 3.05) is 7.11 Å². The average molecular weight is 301 g/mol. The maximum atomic E-state index is 12.4. The zero-order valence-corrected chi connectivity index (χ0v) is 14.6. The molecule has 0 radical (unpaired) electrons. The van der Waals surface area contributed by atoms with E-state index in [2.05, 4.69) is 30.6 Å². The third-order valence-electron chi connectivity index (χ3n) is 2.96. The second-order valence-electron chi connectivity index (χ2n) is 7.05. The molecule has 0 aliphatic carbocycles. The van der Waals surface area contributed by atoms with Gasteiger partial charge in [0.15, 0.2) is 5.75 Å². The van der Waals surface area contributed by atoms with Gasteiger partial charge in [0, 0.05) is 18.4 Å². The number of ether oxygens (including phenoxy) is 1. The van der Waals surface area contributed by atoms with E-state index in [-0.39, 0.29) is 16.2 Å². The summed E-state index contributed by atoms with van der Waals surface area (Å²) in [4.78, 5) is 0. The van der Waals surface area contributed by atoms with Gasteiger partial charge in [-0.25, -0.2) is 0 Å². The molecule has 0 saturated carbocycles. The van der Waals surface area contributed by atoms with Gasteiger partial charge in [-0.3, -0.25) is 4.68 Å². The van der Waals surface area contributed by atoms with Crippen molar-refractivity contribution in [1.82, 2.24) is 14.5 Å². The topological polar surface area (TPSA) is 62.1 Å². The van der Waals surface area contributed by atoms with Gasteiger partial charge in [0.1, 0.15) is 16.5 Å². The highest BCUT2D eigenvalue weighted by molar-refractivity contribution is 7.90. The van der Waals surface area contributed by atoms with Crippen LogP contribution in [0, 0.1) is 5.41 Å². The van der Waals surface area contributed by atoms with Crippen molar-refractivity contribution in [2.24, 2.45) is 12.5 Å². The molecule has 2 unspecified atom stereocenters. The summed E-state index contributed by atoms with van der Waals surface area (Å²) in [7, 11) is 3.48. The summed E-state index contributed by atoms with van der Waals surface area (Å²) in [6.45, 7) is 12.1. The highest BCUT2D eigenvalue weighted by Crippen LogP contribution is 2.37. The lowest BCUT2D eigenvalue weighted by Crippen LogP contribution is -2.45. The number of hydrogen-bond acceptors (Lipinski definition) is 4. The predicted molar refractivity (Wildman–Crippen MR) is 83.0 cm³/mol. The highest BCUT2D eigenvalue weighted by atomic mass is 32.2. The Hall–Kier alpha value is -0.720. The molecule has 2 atom stereocenters. The molecule has 0 aliphatic rings. The molecule has 1 heterocycles. The largest absolute Gasteiger partial charge is 0.598 e. The molecule has 0 fully saturated rings. The third-order valence-corrected chi connectivity index (χ3v) is 4.52. The summed E-state index contributed by atoms with van der Waals surface area (Å²) in [5, 5.41) is 4.48.